The van der Waals surface area contributed by atoms with Crippen LogP contribution < -0.4 is 4.74 Å². The van der Waals surface area contributed by atoms with Gasteiger partial charge >= 0.3 is 5.97 Å². The molecule has 0 saturated carbocycles. The molecule has 0 unspecified atom stereocenters. The number of benzene rings is 3. The van der Waals surface area contributed by atoms with Crippen molar-refractivity contribution in [3.8, 4) is 11.8 Å². The number of hydrogen-bond acceptors (Lipinski definition) is 4. The average molecular weight is 432 g/mol. The first-order valence-electron chi connectivity index (χ1n) is 8.36. The van der Waals surface area contributed by atoms with Crippen LogP contribution >= 0.6 is 15.9 Å². The number of esters is 1. The SMILES string of the molecule is N#CC(=Cc1ccc(OC(=O)c2cccc(Br)c2)cc1)C(=O)c1ccccc1. The van der Waals surface area contributed by atoms with Gasteiger partial charge in [-0.3, -0.25) is 4.79 Å². The van der Waals surface area contributed by atoms with Crippen molar-refractivity contribution in [1.29, 1.82) is 5.26 Å². The third kappa shape index (κ3) is 4.81. The van der Waals surface area contributed by atoms with Crippen LogP contribution in [0.25, 0.3) is 6.08 Å². The maximum absolute atomic E-state index is 12.4. The standard InChI is InChI=1S/C23H14BrNO3/c24-20-8-4-7-18(14-20)23(27)28-21-11-9-16(10-12-21)13-19(15-25)22(26)17-5-2-1-3-6-17/h1-14H. The average Bonchev–Trinajstić information content (AvgIpc) is 2.73. The van der Waals surface area contributed by atoms with Crippen LogP contribution in [0.4, 0.5) is 0 Å². The van der Waals surface area contributed by atoms with Gasteiger partial charge in [0.05, 0.1) is 5.56 Å². The predicted octanol–water partition coefficient (Wildman–Crippen LogP) is 5.46. The number of rotatable bonds is 5. The van der Waals surface area contributed by atoms with E-state index in [-0.39, 0.29) is 11.4 Å². The Morgan fingerprint density at radius 1 is 0.893 bits per heavy atom. The second kappa shape index (κ2) is 8.94. The molecule has 136 valence electrons. The molecule has 0 amide bonds. The first kappa shape index (κ1) is 19.3. The topological polar surface area (TPSA) is 67.2 Å². The van der Waals surface area contributed by atoms with Crippen molar-refractivity contribution in [1.82, 2.24) is 0 Å². The van der Waals surface area contributed by atoms with Crippen LogP contribution in [0.3, 0.4) is 0 Å². The number of ether oxygens (including phenoxy) is 1. The number of Topliss-reactive ketones (excluding diaryl/α,β-unsaturated/α-hetero) is 1. The largest absolute Gasteiger partial charge is 0.423 e. The zero-order valence-electron chi connectivity index (χ0n) is 14.6. The monoisotopic (exact) mass is 431 g/mol. The van der Waals surface area contributed by atoms with Gasteiger partial charge in [0.15, 0.2) is 0 Å². The van der Waals surface area contributed by atoms with Crippen LogP contribution in [0.2, 0.25) is 0 Å². The number of halogens is 1. The Kier molecular flexibility index (Phi) is 6.15. The summed E-state index contributed by atoms with van der Waals surface area (Å²) in [4.78, 5) is 24.6. The van der Waals surface area contributed by atoms with Crippen LogP contribution in [0.15, 0.2) is 88.9 Å². The molecule has 0 heterocycles. The molecular formula is C23H14BrNO3. The summed E-state index contributed by atoms with van der Waals surface area (Å²) in [6.07, 6.45) is 1.51. The minimum Gasteiger partial charge on any atom is -0.423 e. The van der Waals surface area contributed by atoms with E-state index in [1.807, 2.05) is 12.1 Å². The molecule has 28 heavy (non-hydrogen) atoms. The van der Waals surface area contributed by atoms with Crippen LogP contribution in [-0.4, -0.2) is 11.8 Å². The van der Waals surface area contributed by atoms with Gasteiger partial charge in [-0.25, -0.2) is 4.79 Å². The van der Waals surface area contributed by atoms with Crippen molar-refractivity contribution in [3.63, 3.8) is 0 Å². The zero-order chi connectivity index (χ0) is 19.9. The third-order valence-electron chi connectivity index (χ3n) is 3.86. The highest BCUT2D eigenvalue weighted by Crippen LogP contribution is 2.19. The van der Waals surface area contributed by atoms with Gasteiger partial charge in [-0.05, 0) is 42.0 Å². The smallest absolute Gasteiger partial charge is 0.343 e. The minimum atomic E-state index is -0.471. The maximum atomic E-state index is 12.4. The molecule has 0 radical (unpaired) electrons. The molecule has 0 aromatic heterocycles. The van der Waals surface area contributed by atoms with Gasteiger partial charge in [0, 0.05) is 10.0 Å². The number of ketones is 1. The van der Waals surface area contributed by atoms with Crippen LogP contribution in [0.1, 0.15) is 26.3 Å². The van der Waals surface area contributed by atoms with Gasteiger partial charge in [0.25, 0.3) is 0 Å². The summed E-state index contributed by atoms with van der Waals surface area (Å²) in [5.74, 6) is -0.440. The molecule has 3 aromatic carbocycles. The van der Waals surface area contributed by atoms with Gasteiger partial charge in [-0.1, -0.05) is 64.5 Å². The van der Waals surface area contributed by atoms with E-state index in [2.05, 4.69) is 15.9 Å². The molecule has 5 heteroatoms. The minimum absolute atomic E-state index is 0.0325. The van der Waals surface area contributed by atoms with Gasteiger partial charge in [-0.2, -0.15) is 5.26 Å². The van der Waals surface area contributed by atoms with Gasteiger partial charge in [-0.15, -0.1) is 0 Å². The van der Waals surface area contributed by atoms with E-state index < -0.39 is 5.97 Å². The number of allylic oxidation sites excluding steroid dienone is 1. The van der Waals surface area contributed by atoms with Crippen LogP contribution in [0, 0.1) is 11.3 Å². The molecule has 0 saturated heterocycles. The number of carbonyl (C=O) groups is 2. The van der Waals surface area contributed by atoms with Crippen molar-refractivity contribution >= 4 is 33.8 Å². The first-order chi connectivity index (χ1) is 13.6. The van der Waals surface area contributed by atoms with E-state index in [1.165, 1.54) is 6.08 Å². The van der Waals surface area contributed by atoms with Gasteiger partial charge in [0.2, 0.25) is 5.78 Å². The quantitative estimate of drug-likeness (QED) is 0.177. The Morgan fingerprint density at radius 2 is 1.57 bits per heavy atom. The summed E-state index contributed by atoms with van der Waals surface area (Å²) in [6, 6.07) is 24.1. The fourth-order valence-electron chi connectivity index (χ4n) is 2.47. The Morgan fingerprint density at radius 3 is 2.21 bits per heavy atom. The van der Waals surface area contributed by atoms with Crippen LogP contribution in [0.5, 0.6) is 5.75 Å². The highest BCUT2D eigenvalue weighted by Gasteiger charge is 2.12. The number of hydrogen-bond donors (Lipinski definition) is 0. The van der Waals surface area contributed by atoms with Gasteiger partial charge < -0.3 is 4.74 Å². The Hall–Kier alpha value is -3.49. The molecule has 0 N–H and O–H groups in total. The summed E-state index contributed by atoms with van der Waals surface area (Å²) in [5.41, 5.74) is 1.57. The van der Waals surface area contributed by atoms with Crippen molar-refractivity contribution in [2.45, 2.75) is 0 Å². The molecule has 0 spiro atoms. The van der Waals surface area contributed by atoms with E-state index in [1.54, 1.807) is 72.8 Å². The lowest BCUT2D eigenvalue weighted by Gasteiger charge is -2.05. The first-order valence-corrected chi connectivity index (χ1v) is 9.15. The molecule has 0 atom stereocenters. The maximum Gasteiger partial charge on any atom is 0.343 e. The molecule has 3 aromatic rings. The number of nitrogens with zero attached hydrogens (tertiary/aromatic N) is 1. The van der Waals surface area contributed by atoms with Crippen molar-refractivity contribution < 1.29 is 14.3 Å². The van der Waals surface area contributed by atoms with Crippen molar-refractivity contribution in [2.75, 3.05) is 0 Å². The van der Waals surface area contributed by atoms with Crippen molar-refractivity contribution in [3.05, 3.63) is 106 Å². The lowest BCUT2D eigenvalue weighted by molar-refractivity contribution is 0.0734. The number of nitriles is 1. The molecule has 0 aliphatic heterocycles. The lowest BCUT2D eigenvalue weighted by Crippen LogP contribution is -2.08. The van der Waals surface area contributed by atoms with E-state index in [0.29, 0.717) is 22.4 Å². The molecular weight excluding hydrogens is 418 g/mol. The molecule has 0 aliphatic carbocycles. The summed E-state index contributed by atoms with van der Waals surface area (Å²) < 4.78 is 6.13. The number of carbonyl (C=O) groups excluding carboxylic acids is 2. The highest BCUT2D eigenvalue weighted by atomic mass is 79.9. The van der Waals surface area contributed by atoms with E-state index in [0.717, 1.165) is 4.47 Å². The highest BCUT2D eigenvalue weighted by molar-refractivity contribution is 9.10. The second-order valence-electron chi connectivity index (χ2n) is 5.83. The van der Waals surface area contributed by atoms with Crippen LogP contribution in [-0.2, 0) is 0 Å². The molecule has 3 rings (SSSR count). The summed E-state index contributed by atoms with van der Waals surface area (Å²) in [7, 11) is 0. The van der Waals surface area contributed by atoms with E-state index in [9.17, 15) is 14.9 Å². The van der Waals surface area contributed by atoms with Crippen molar-refractivity contribution in [2.24, 2.45) is 0 Å². The Balaban J connectivity index is 1.74. The zero-order valence-corrected chi connectivity index (χ0v) is 16.2. The predicted molar refractivity (Wildman–Crippen MR) is 110 cm³/mol. The summed E-state index contributed by atoms with van der Waals surface area (Å²) in [5, 5.41) is 9.33. The fourth-order valence-corrected chi connectivity index (χ4v) is 2.87. The second-order valence-corrected chi connectivity index (χ2v) is 6.75. The molecule has 0 fully saturated rings. The summed E-state index contributed by atoms with van der Waals surface area (Å²) >= 11 is 3.32. The van der Waals surface area contributed by atoms with E-state index >= 15 is 0 Å². The van der Waals surface area contributed by atoms with E-state index in [4.69, 9.17) is 4.74 Å². The molecule has 4 nitrogen and oxygen atoms in total. The fraction of sp³-hybridized carbons (Fsp3) is 0. The molecule has 0 aliphatic rings. The Labute approximate surface area is 170 Å². The lowest BCUT2D eigenvalue weighted by atomic mass is 10.0. The summed E-state index contributed by atoms with van der Waals surface area (Å²) in [6.45, 7) is 0. The Bertz CT molecular complexity index is 1080. The third-order valence-corrected chi connectivity index (χ3v) is 4.36. The molecule has 0 bridgehead atoms. The van der Waals surface area contributed by atoms with Gasteiger partial charge in [0.1, 0.15) is 17.4 Å². The normalized spacial score (nSPS) is 10.8.